The van der Waals surface area contributed by atoms with Crippen LogP contribution in [0.1, 0.15) is 26.8 Å². The molecular formula is C18H24ClN5O3. The average Bonchev–Trinajstić information content (AvgIpc) is 3.04. The fourth-order valence-electron chi connectivity index (χ4n) is 3.09. The number of hydrogen-bond acceptors (Lipinski definition) is 5. The van der Waals surface area contributed by atoms with Gasteiger partial charge in [-0.1, -0.05) is 11.6 Å². The smallest absolute Gasteiger partial charge is 0.409 e. The summed E-state index contributed by atoms with van der Waals surface area (Å²) in [6.07, 6.45) is 1.23. The number of carbonyl (C=O) groups is 1. The molecule has 1 amide bonds. The zero-order valence-electron chi connectivity index (χ0n) is 15.8. The van der Waals surface area contributed by atoms with Gasteiger partial charge in [0, 0.05) is 26.2 Å². The summed E-state index contributed by atoms with van der Waals surface area (Å²) in [6.45, 7) is 8.49. The number of hydrogen-bond donors (Lipinski definition) is 0. The number of anilines is 1. The molecule has 1 aliphatic heterocycles. The molecule has 3 rings (SSSR count). The highest BCUT2D eigenvalue weighted by Crippen LogP contribution is 2.29. The molecular weight excluding hydrogens is 370 g/mol. The van der Waals surface area contributed by atoms with Gasteiger partial charge in [0.25, 0.3) is 0 Å². The Morgan fingerprint density at radius 3 is 2.52 bits per heavy atom. The van der Waals surface area contributed by atoms with Crippen molar-refractivity contribution in [3.63, 3.8) is 0 Å². The van der Waals surface area contributed by atoms with E-state index in [1.54, 1.807) is 17.9 Å². The Kier molecular flexibility index (Phi) is 5.74. The van der Waals surface area contributed by atoms with Crippen molar-refractivity contribution in [1.82, 2.24) is 19.2 Å². The Balaban J connectivity index is 1.75. The fourth-order valence-corrected chi connectivity index (χ4v) is 3.39. The fraction of sp³-hybridized carbons (Fsp3) is 0.500. The standard InChI is InChI=1S/C18H24ClN5O3/c1-4-27-18(26)22-9-7-21(8-10-22)16-6-5-14(11-15(16)19)23-12-20-24(13(2)3)17(23)25/h5-6,11-13H,4,7-10H2,1-3H3. The summed E-state index contributed by atoms with van der Waals surface area (Å²) in [4.78, 5) is 28.1. The average molecular weight is 394 g/mol. The Bertz CT molecular complexity index is 868. The lowest BCUT2D eigenvalue weighted by Gasteiger charge is -2.35. The highest BCUT2D eigenvalue weighted by Gasteiger charge is 2.23. The molecule has 0 atom stereocenters. The van der Waals surface area contributed by atoms with E-state index in [0.29, 0.717) is 43.5 Å². The SMILES string of the molecule is CCOC(=O)N1CCN(c2ccc(-n3cnn(C(C)C)c3=O)cc2Cl)CC1. The number of aromatic nitrogens is 3. The molecule has 0 saturated carbocycles. The molecule has 0 spiro atoms. The first-order valence-corrected chi connectivity index (χ1v) is 9.43. The number of carbonyl (C=O) groups excluding carboxylic acids is 1. The van der Waals surface area contributed by atoms with E-state index in [9.17, 15) is 9.59 Å². The first-order valence-electron chi connectivity index (χ1n) is 9.05. The van der Waals surface area contributed by atoms with Crippen LogP contribution in [0.4, 0.5) is 10.5 Å². The van der Waals surface area contributed by atoms with E-state index in [1.807, 2.05) is 26.0 Å². The third-order valence-corrected chi connectivity index (χ3v) is 4.84. The van der Waals surface area contributed by atoms with Gasteiger partial charge in [0.05, 0.1) is 29.0 Å². The molecule has 1 aromatic heterocycles. The van der Waals surface area contributed by atoms with Crippen LogP contribution in [0.25, 0.3) is 5.69 Å². The maximum absolute atomic E-state index is 12.4. The van der Waals surface area contributed by atoms with Crippen LogP contribution < -0.4 is 10.6 Å². The molecule has 1 aliphatic rings. The van der Waals surface area contributed by atoms with E-state index < -0.39 is 0 Å². The second-order valence-electron chi connectivity index (χ2n) is 6.63. The predicted molar refractivity (Wildman–Crippen MR) is 104 cm³/mol. The molecule has 1 fully saturated rings. The number of halogens is 1. The van der Waals surface area contributed by atoms with Crippen LogP contribution in [-0.2, 0) is 4.74 Å². The van der Waals surface area contributed by atoms with Crippen molar-refractivity contribution >= 4 is 23.4 Å². The lowest BCUT2D eigenvalue weighted by Crippen LogP contribution is -2.49. The van der Waals surface area contributed by atoms with Crippen LogP contribution in [0.15, 0.2) is 29.3 Å². The second-order valence-corrected chi connectivity index (χ2v) is 7.04. The minimum Gasteiger partial charge on any atom is -0.450 e. The third kappa shape index (κ3) is 3.95. The Morgan fingerprint density at radius 1 is 1.26 bits per heavy atom. The van der Waals surface area contributed by atoms with Crippen LogP contribution >= 0.6 is 11.6 Å². The van der Waals surface area contributed by atoms with Gasteiger partial charge >= 0.3 is 11.8 Å². The molecule has 9 heteroatoms. The zero-order chi connectivity index (χ0) is 19.6. The van der Waals surface area contributed by atoms with Crippen molar-refractivity contribution in [3.05, 3.63) is 40.0 Å². The monoisotopic (exact) mass is 393 g/mol. The van der Waals surface area contributed by atoms with Crippen molar-refractivity contribution in [2.45, 2.75) is 26.8 Å². The molecule has 0 aliphatic carbocycles. The van der Waals surface area contributed by atoms with Crippen LogP contribution in [-0.4, -0.2) is 58.1 Å². The zero-order valence-corrected chi connectivity index (χ0v) is 16.5. The minimum atomic E-state index is -0.278. The van der Waals surface area contributed by atoms with E-state index in [1.165, 1.54) is 15.6 Å². The molecule has 0 radical (unpaired) electrons. The van der Waals surface area contributed by atoms with E-state index in [0.717, 1.165) is 5.69 Å². The van der Waals surface area contributed by atoms with E-state index in [4.69, 9.17) is 16.3 Å². The number of nitrogens with zero attached hydrogens (tertiary/aromatic N) is 5. The maximum atomic E-state index is 12.4. The number of piperazine rings is 1. The van der Waals surface area contributed by atoms with Crippen LogP contribution in [0, 0.1) is 0 Å². The normalized spacial score (nSPS) is 14.7. The lowest BCUT2D eigenvalue weighted by atomic mass is 10.2. The first-order chi connectivity index (χ1) is 12.9. The first kappa shape index (κ1) is 19.3. The van der Waals surface area contributed by atoms with E-state index in [-0.39, 0.29) is 17.8 Å². The lowest BCUT2D eigenvalue weighted by molar-refractivity contribution is 0.105. The van der Waals surface area contributed by atoms with Gasteiger partial charge < -0.3 is 14.5 Å². The summed E-state index contributed by atoms with van der Waals surface area (Å²) < 4.78 is 7.95. The molecule has 27 heavy (non-hydrogen) atoms. The second kappa shape index (κ2) is 8.04. The quantitative estimate of drug-likeness (QED) is 0.798. The summed E-state index contributed by atoms with van der Waals surface area (Å²) in [5.74, 6) is 0. The topological polar surface area (TPSA) is 72.6 Å². The molecule has 0 N–H and O–H groups in total. The van der Waals surface area contributed by atoms with Crippen molar-refractivity contribution in [1.29, 1.82) is 0 Å². The van der Waals surface area contributed by atoms with Gasteiger partial charge in [-0.15, -0.1) is 0 Å². The number of benzene rings is 1. The molecule has 0 unspecified atom stereocenters. The third-order valence-electron chi connectivity index (χ3n) is 4.54. The maximum Gasteiger partial charge on any atom is 0.409 e. The highest BCUT2D eigenvalue weighted by molar-refractivity contribution is 6.33. The Morgan fingerprint density at radius 2 is 1.96 bits per heavy atom. The molecule has 0 bridgehead atoms. The minimum absolute atomic E-state index is 0.0100. The van der Waals surface area contributed by atoms with Gasteiger partial charge in [-0.2, -0.15) is 5.10 Å². The van der Waals surface area contributed by atoms with Crippen LogP contribution in [0.3, 0.4) is 0 Å². The van der Waals surface area contributed by atoms with Gasteiger partial charge in [0.1, 0.15) is 6.33 Å². The molecule has 1 aromatic carbocycles. The predicted octanol–water partition coefficient (Wildman–Crippen LogP) is 2.55. The van der Waals surface area contributed by atoms with Gasteiger partial charge in [-0.3, -0.25) is 0 Å². The van der Waals surface area contributed by atoms with E-state index >= 15 is 0 Å². The summed E-state index contributed by atoms with van der Waals surface area (Å²) in [7, 11) is 0. The van der Waals surface area contributed by atoms with Gasteiger partial charge in [0.15, 0.2) is 0 Å². The Labute approximate surface area is 162 Å². The van der Waals surface area contributed by atoms with Gasteiger partial charge in [-0.05, 0) is 39.0 Å². The number of ether oxygens (including phenoxy) is 1. The van der Waals surface area contributed by atoms with Crippen LogP contribution in [0.2, 0.25) is 5.02 Å². The van der Waals surface area contributed by atoms with Gasteiger partial charge in [0.2, 0.25) is 0 Å². The molecule has 146 valence electrons. The van der Waals surface area contributed by atoms with Crippen molar-refractivity contribution in [3.8, 4) is 5.69 Å². The highest BCUT2D eigenvalue weighted by atomic mass is 35.5. The number of amides is 1. The number of rotatable bonds is 4. The summed E-state index contributed by atoms with van der Waals surface area (Å²) >= 11 is 6.49. The van der Waals surface area contributed by atoms with Crippen molar-refractivity contribution < 1.29 is 9.53 Å². The summed E-state index contributed by atoms with van der Waals surface area (Å²) in [6, 6.07) is 5.51. The molecule has 2 aromatic rings. The van der Waals surface area contributed by atoms with Gasteiger partial charge in [-0.25, -0.2) is 18.8 Å². The van der Waals surface area contributed by atoms with Crippen molar-refractivity contribution in [2.75, 3.05) is 37.7 Å². The van der Waals surface area contributed by atoms with E-state index in [2.05, 4.69) is 10.00 Å². The molecule has 2 heterocycles. The largest absolute Gasteiger partial charge is 0.450 e. The summed E-state index contributed by atoms with van der Waals surface area (Å²) in [5.41, 5.74) is 1.36. The van der Waals surface area contributed by atoms with Crippen LogP contribution in [0.5, 0.6) is 0 Å². The molecule has 8 nitrogen and oxygen atoms in total. The summed E-state index contributed by atoms with van der Waals surface area (Å²) in [5, 5.41) is 4.69. The van der Waals surface area contributed by atoms with Crippen molar-refractivity contribution in [2.24, 2.45) is 0 Å². The Hall–Kier alpha value is -2.48. The molecule has 1 saturated heterocycles.